The van der Waals surface area contributed by atoms with Gasteiger partial charge in [0.2, 0.25) is 0 Å². The molecule has 2 aliphatic rings. The Hall–Kier alpha value is -3.20. The molecule has 2 aliphatic heterocycles. The average molecular weight is 483 g/mol. The molecule has 1 aromatic carbocycles. The van der Waals surface area contributed by atoms with Crippen molar-refractivity contribution in [1.29, 1.82) is 0 Å². The van der Waals surface area contributed by atoms with Crippen molar-refractivity contribution < 1.29 is 23.9 Å². The highest BCUT2D eigenvalue weighted by Crippen LogP contribution is 2.38. The first-order valence-electron chi connectivity index (χ1n) is 12.3. The second-order valence-electron chi connectivity index (χ2n) is 9.57. The summed E-state index contributed by atoms with van der Waals surface area (Å²) in [6.07, 6.45) is 3.55. The topological polar surface area (TPSA) is 103 Å². The molecule has 2 amide bonds. The van der Waals surface area contributed by atoms with Gasteiger partial charge in [0.1, 0.15) is 0 Å². The number of aryl methyl sites for hydroxylation is 1. The lowest BCUT2D eigenvalue weighted by atomic mass is 9.76. The highest BCUT2D eigenvalue weighted by Gasteiger charge is 2.40. The Morgan fingerprint density at radius 2 is 1.97 bits per heavy atom. The van der Waals surface area contributed by atoms with Gasteiger partial charge in [0.15, 0.2) is 0 Å². The molecule has 4 rings (SSSR count). The van der Waals surface area contributed by atoms with E-state index >= 15 is 0 Å². The van der Waals surface area contributed by atoms with Crippen molar-refractivity contribution in [3.8, 4) is 5.69 Å². The number of ether oxygens (including phenoxy) is 2. The van der Waals surface area contributed by atoms with E-state index in [4.69, 9.17) is 14.6 Å². The fourth-order valence-corrected chi connectivity index (χ4v) is 4.84. The van der Waals surface area contributed by atoms with Crippen LogP contribution >= 0.6 is 0 Å². The molecule has 2 aromatic rings. The van der Waals surface area contributed by atoms with E-state index < -0.39 is 5.97 Å². The number of hydrogen-bond acceptors (Lipinski definition) is 6. The zero-order valence-electron chi connectivity index (χ0n) is 21.0. The van der Waals surface area contributed by atoms with E-state index in [1.165, 1.54) is 4.90 Å². The van der Waals surface area contributed by atoms with Gasteiger partial charge < -0.3 is 19.7 Å². The van der Waals surface area contributed by atoms with Gasteiger partial charge >= 0.3 is 5.97 Å². The minimum atomic E-state index is -0.454. The molecule has 35 heavy (non-hydrogen) atoms. The Bertz CT molecular complexity index is 1130. The lowest BCUT2D eigenvalue weighted by Gasteiger charge is -2.36. The fourth-order valence-electron chi connectivity index (χ4n) is 4.84. The number of fused-ring (bicyclic) bond motifs is 1. The van der Waals surface area contributed by atoms with Crippen molar-refractivity contribution >= 4 is 17.8 Å². The number of nitrogens with zero attached hydrogens (tertiary/aromatic N) is 3. The van der Waals surface area contributed by atoms with Gasteiger partial charge in [-0.05, 0) is 55.7 Å². The summed E-state index contributed by atoms with van der Waals surface area (Å²) < 4.78 is 12.7. The van der Waals surface area contributed by atoms with Crippen molar-refractivity contribution in [1.82, 2.24) is 20.0 Å². The maximum Gasteiger partial charge on any atom is 0.338 e. The van der Waals surface area contributed by atoms with Crippen molar-refractivity contribution in [2.24, 2.45) is 5.41 Å². The first kappa shape index (κ1) is 24.9. The maximum atomic E-state index is 13.2. The monoisotopic (exact) mass is 482 g/mol. The summed E-state index contributed by atoms with van der Waals surface area (Å²) in [4.78, 5) is 40.5. The highest BCUT2D eigenvalue weighted by molar-refractivity contribution is 6.00. The molecular weight excluding hydrogens is 448 g/mol. The van der Waals surface area contributed by atoms with E-state index in [2.05, 4.69) is 5.32 Å². The fraction of sp³-hybridized carbons (Fsp3) is 0.538. The number of esters is 1. The number of carbonyl (C=O) groups excluding carboxylic acids is 3. The lowest BCUT2D eigenvalue weighted by molar-refractivity contribution is 0.0155. The molecule has 0 aliphatic carbocycles. The zero-order valence-corrected chi connectivity index (χ0v) is 21.0. The Labute approximate surface area is 205 Å². The summed E-state index contributed by atoms with van der Waals surface area (Å²) >= 11 is 0. The molecule has 1 fully saturated rings. The first-order chi connectivity index (χ1) is 16.8. The van der Waals surface area contributed by atoms with Gasteiger partial charge in [0.05, 0.1) is 40.4 Å². The average Bonchev–Trinajstić information content (AvgIpc) is 3.16. The third-order valence-corrected chi connectivity index (χ3v) is 6.87. The van der Waals surface area contributed by atoms with Gasteiger partial charge in [-0.15, -0.1) is 0 Å². The molecule has 1 aromatic heterocycles. The maximum absolute atomic E-state index is 13.2. The van der Waals surface area contributed by atoms with E-state index in [0.717, 1.165) is 18.5 Å². The third-order valence-electron chi connectivity index (χ3n) is 6.87. The molecular formula is C26H34N4O5. The summed E-state index contributed by atoms with van der Waals surface area (Å²) in [5, 5.41) is 7.93. The number of benzene rings is 1. The largest absolute Gasteiger partial charge is 0.462 e. The van der Waals surface area contributed by atoms with Crippen LogP contribution in [0.1, 0.15) is 75.6 Å². The number of carbonyl (C=O) groups is 3. The summed E-state index contributed by atoms with van der Waals surface area (Å²) in [6.45, 7) is 6.06. The SMILES string of the molecule is CCCOC(=O)c1ccc(C(=O)N(C)C)c(-n2nc(CC)c3c2CC2(CCOCC2)CNC3=O)c1. The van der Waals surface area contributed by atoms with Crippen LogP contribution in [0.5, 0.6) is 0 Å². The van der Waals surface area contributed by atoms with Gasteiger partial charge in [-0.1, -0.05) is 13.8 Å². The summed E-state index contributed by atoms with van der Waals surface area (Å²) in [6, 6.07) is 4.90. The second kappa shape index (κ2) is 10.2. The molecule has 1 spiro atoms. The summed E-state index contributed by atoms with van der Waals surface area (Å²) in [5.74, 6) is -0.815. The molecule has 0 radical (unpaired) electrons. The normalized spacial score (nSPS) is 16.9. The van der Waals surface area contributed by atoms with E-state index in [9.17, 15) is 14.4 Å². The second-order valence-corrected chi connectivity index (χ2v) is 9.57. The van der Waals surface area contributed by atoms with Crippen LogP contribution in [0.3, 0.4) is 0 Å². The summed E-state index contributed by atoms with van der Waals surface area (Å²) in [5.41, 5.74) is 3.08. The molecule has 0 unspecified atom stereocenters. The van der Waals surface area contributed by atoms with Crippen LogP contribution in [0.2, 0.25) is 0 Å². The van der Waals surface area contributed by atoms with E-state index in [1.807, 2.05) is 13.8 Å². The van der Waals surface area contributed by atoms with E-state index in [1.54, 1.807) is 37.0 Å². The van der Waals surface area contributed by atoms with Crippen LogP contribution in [0, 0.1) is 5.41 Å². The predicted octanol–water partition coefficient (Wildman–Crippen LogP) is 2.79. The first-order valence-corrected chi connectivity index (χ1v) is 12.3. The Morgan fingerprint density at radius 1 is 1.23 bits per heavy atom. The number of amides is 2. The lowest BCUT2D eigenvalue weighted by Crippen LogP contribution is -2.40. The molecule has 1 N–H and O–H groups in total. The van der Waals surface area contributed by atoms with Gasteiger partial charge in [-0.3, -0.25) is 9.59 Å². The number of aromatic nitrogens is 2. The van der Waals surface area contributed by atoms with Crippen LogP contribution in [0.15, 0.2) is 18.2 Å². The van der Waals surface area contributed by atoms with Crippen molar-refractivity contribution in [2.75, 3.05) is 40.5 Å². The van der Waals surface area contributed by atoms with Gasteiger partial charge in [0.25, 0.3) is 11.8 Å². The molecule has 9 heteroatoms. The number of rotatable bonds is 6. The Kier molecular flexibility index (Phi) is 7.25. The molecule has 0 atom stereocenters. The zero-order chi connectivity index (χ0) is 25.2. The smallest absolute Gasteiger partial charge is 0.338 e. The van der Waals surface area contributed by atoms with Gasteiger partial charge in [-0.2, -0.15) is 5.10 Å². The highest BCUT2D eigenvalue weighted by atomic mass is 16.5. The standard InChI is InChI=1S/C26H34N4O5/c1-5-11-35-25(33)17-7-8-18(24(32)29(3)4)20(14-17)30-21-15-26(9-12-34-13-10-26)16-27-23(31)22(21)19(6-2)28-30/h7-8,14H,5-6,9-13,15-16H2,1-4H3,(H,27,31). The molecule has 3 heterocycles. The quantitative estimate of drug-likeness (QED) is 0.635. The molecule has 9 nitrogen and oxygen atoms in total. The predicted molar refractivity (Wildman–Crippen MR) is 130 cm³/mol. The molecule has 188 valence electrons. The van der Waals surface area contributed by atoms with Crippen LogP contribution in [0.4, 0.5) is 0 Å². The van der Waals surface area contributed by atoms with Gasteiger partial charge in [0, 0.05) is 33.9 Å². The minimum Gasteiger partial charge on any atom is -0.462 e. The van der Waals surface area contributed by atoms with Crippen LogP contribution in [-0.4, -0.2) is 72.9 Å². The van der Waals surface area contributed by atoms with E-state index in [-0.39, 0.29) is 17.2 Å². The van der Waals surface area contributed by atoms with Crippen molar-refractivity contribution in [3.05, 3.63) is 46.3 Å². The van der Waals surface area contributed by atoms with Crippen LogP contribution in [0.25, 0.3) is 5.69 Å². The molecule has 0 saturated carbocycles. The minimum absolute atomic E-state index is 0.147. The number of hydrogen-bond donors (Lipinski definition) is 1. The molecule has 1 saturated heterocycles. The number of nitrogens with one attached hydrogen (secondary N) is 1. The molecule has 0 bridgehead atoms. The van der Waals surface area contributed by atoms with E-state index in [0.29, 0.717) is 73.7 Å². The Morgan fingerprint density at radius 3 is 2.63 bits per heavy atom. The van der Waals surface area contributed by atoms with Crippen molar-refractivity contribution in [2.45, 2.75) is 46.0 Å². The van der Waals surface area contributed by atoms with Crippen LogP contribution < -0.4 is 5.32 Å². The van der Waals surface area contributed by atoms with Crippen LogP contribution in [-0.2, 0) is 22.3 Å². The Balaban J connectivity index is 1.91. The summed E-state index contributed by atoms with van der Waals surface area (Å²) in [7, 11) is 3.36. The van der Waals surface area contributed by atoms with Crippen molar-refractivity contribution in [3.63, 3.8) is 0 Å². The van der Waals surface area contributed by atoms with Gasteiger partial charge in [-0.25, -0.2) is 9.48 Å². The third kappa shape index (κ3) is 4.82.